The van der Waals surface area contributed by atoms with Gasteiger partial charge in [-0.2, -0.15) is 0 Å². The summed E-state index contributed by atoms with van der Waals surface area (Å²) in [5, 5.41) is 3.54. The first kappa shape index (κ1) is 14.0. The lowest BCUT2D eigenvalue weighted by atomic mass is 10.1. The molecule has 0 bridgehead atoms. The van der Waals surface area contributed by atoms with Gasteiger partial charge in [0.15, 0.2) is 0 Å². The first-order valence-corrected chi connectivity index (χ1v) is 7.23. The lowest BCUT2D eigenvalue weighted by Gasteiger charge is -2.31. The van der Waals surface area contributed by atoms with E-state index < -0.39 is 0 Å². The SMILES string of the molecule is C[C@@H](NCC1CN(C)CCO1)c1ccc(Br)cc1. The Bertz CT molecular complexity index is 369. The van der Waals surface area contributed by atoms with Gasteiger partial charge in [-0.15, -0.1) is 0 Å². The molecule has 1 aromatic rings. The van der Waals surface area contributed by atoms with E-state index in [4.69, 9.17) is 4.74 Å². The quantitative estimate of drug-likeness (QED) is 0.924. The van der Waals surface area contributed by atoms with E-state index in [2.05, 4.69) is 64.4 Å². The van der Waals surface area contributed by atoms with Crippen LogP contribution in [0.1, 0.15) is 18.5 Å². The van der Waals surface area contributed by atoms with Crippen LogP contribution in [0.15, 0.2) is 28.7 Å². The predicted molar refractivity (Wildman–Crippen MR) is 77.8 cm³/mol. The normalized spacial score (nSPS) is 22.9. The Morgan fingerprint density at radius 2 is 2.17 bits per heavy atom. The molecule has 2 atom stereocenters. The van der Waals surface area contributed by atoms with Crippen molar-refractivity contribution in [3.8, 4) is 0 Å². The zero-order chi connectivity index (χ0) is 13.0. The van der Waals surface area contributed by atoms with Crippen LogP contribution in [0.3, 0.4) is 0 Å². The van der Waals surface area contributed by atoms with Crippen LogP contribution in [-0.4, -0.2) is 44.3 Å². The Hall–Kier alpha value is -0.420. The van der Waals surface area contributed by atoms with Crippen molar-refractivity contribution < 1.29 is 4.74 Å². The van der Waals surface area contributed by atoms with Crippen molar-refractivity contribution in [2.75, 3.05) is 33.3 Å². The van der Waals surface area contributed by atoms with Crippen LogP contribution in [0, 0.1) is 0 Å². The third-order valence-corrected chi connectivity index (χ3v) is 3.89. The van der Waals surface area contributed by atoms with Crippen LogP contribution in [0.2, 0.25) is 0 Å². The topological polar surface area (TPSA) is 24.5 Å². The molecule has 4 heteroatoms. The minimum atomic E-state index is 0.307. The van der Waals surface area contributed by atoms with E-state index in [1.54, 1.807) is 0 Å². The van der Waals surface area contributed by atoms with Crippen molar-refractivity contribution in [2.45, 2.75) is 19.1 Å². The molecule has 0 radical (unpaired) electrons. The van der Waals surface area contributed by atoms with Gasteiger partial charge in [-0.3, -0.25) is 0 Å². The zero-order valence-corrected chi connectivity index (χ0v) is 12.6. The van der Waals surface area contributed by atoms with Gasteiger partial charge in [-0.1, -0.05) is 28.1 Å². The highest BCUT2D eigenvalue weighted by atomic mass is 79.9. The van der Waals surface area contributed by atoms with Gasteiger partial charge in [0.25, 0.3) is 0 Å². The first-order chi connectivity index (χ1) is 8.65. The van der Waals surface area contributed by atoms with Gasteiger partial charge < -0.3 is 15.0 Å². The first-order valence-electron chi connectivity index (χ1n) is 6.44. The van der Waals surface area contributed by atoms with Crippen molar-refractivity contribution in [3.63, 3.8) is 0 Å². The number of ether oxygens (including phenoxy) is 1. The minimum absolute atomic E-state index is 0.307. The van der Waals surface area contributed by atoms with Crippen LogP contribution in [-0.2, 0) is 4.74 Å². The fraction of sp³-hybridized carbons (Fsp3) is 0.571. The van der Waals surface area contributed by atoms with E-state index in [1.807, 2.05) is 0 Å². The number of hydrogen-bond acceptors (Lipinski definition) is 3. The van der Waals surface area contributed by atoms with Gasteiger partial charge in [0.1, 0.15) is 0 Å². The van der Waals surface area contributed by atoms with Crippen molar-refractivity contribution in [2.24, 2.45) is 0 Å². The van der Waals surface area contributed by atoms with Crippen molar-refractivity contribution >= 4 is 15.9 Å². The molecule has 3 nitrogen and oxygen atoms in total. The summed E-state index contributed by atoms with van der Waals surface area (Å²) in [5.41, 5.74) is 1.31. The van der Waals surface area contributed by atoms with Crippen LogP contribution in [0.25, 0.3) is 0 Å². The summed E-state index contributed by atoms with van der Waals surface area (Å²) in [6, 6.07) is 8.82. The average molecular weight is 313 g/mol. The van der Waals surface area contributed by atoms with E-state index in [0.29, 0.717) is 12.1 Å². The highest BCUT2D eigenvalue weighted by molar-refractivity contribution is 9.10. The predicted octanol–water partition coefficient (Wildman–Crippen LogP) is 2.43. The lowest BCUT2D eigenvalue weighted by molar-refractivity contribution is -0.0190. The molecule has 1 N–H and O–H groups in total. The number of halogens is 1. The molecule has 0 saturated carbocycles. The molecular weight excluding hydrogens is 292 g/mol. The Morgan fingerprint density at radius 3 is 2.83 bits per heavy atom. The number of benzene rings is 1. The molecule has 1 heterocycles. The summed E-state index contributed by atoms with van der Waals surface area (Å²) in [7, 11) is 2.15. The molecule has 1 saturated heterocycles. The molecule has 0 amide bonds. The molecular formula is C14H21BrN2O. The lowest BCUT2D eigenvalue weighted by Crippen LogP contribution is -2.45. The smallest absolute Gasteiger partial charge is 0.0826 e. The number of likely N-dealkylation sites (N-methyl/N-ethyl adjacent to an activating group) is 1. The van der Waals surface area contributed by atoms with Gasteiger partial charge in [0.05, 0.1) is 12.7 Å². The molecule has 1 aliphatic heterocycles. The number of morpholine rings is 1. The van der Waals surface area contributed by atoms with Crippen LogP contribution < -0.4 is 5.32 Å². The standard InChI is InChI=1S/C14H21BrN2O/c1-11(12-3-5-13(15)6-4-12)16-9-14-10-17(2)7-8-18-14/h3-6,11,14,16H,7-10H2,1-2H3/t11-,14?/m1/s1. The Morgan fingerprint density at radius 1 is 1.44 bits per heavy atom. The summed E-state index contributed by atoms with van der Waals surface area (Å²) in [5.74, 6) is 0. The highest BCUT2D eigenvalue weighted by Gasteiger charge is 2.18. The number of rotatable bonds is 4. The Labute approximate surface area is 118 Å². The fourth-order valence-electron chi connectivity index (χ4n) is 2.17. The number of nitrogens with zero attached hydrogens (tertiary/aromatic N) is 1. The number of nitrogens with one attached hydrogen (secondary N) is 1. The molecule has 2 rings (SSSR count). The third-order valence-electron chi connectivity index (χ3n) is 3.36. The van der Waals surface area contributed by atoms with Crippen LogP contribution in [0.4, 0.5) is 0 Å². The summed E-state index contributed by atoms with van der Waals surface area (Å²) in [6.45, 7) is 5.99. The van der Waals surface area contributed by atoms with Gasteiger partial charge in [0, 0.05) is 30.1 Å². The van der Waals surface area contributed by atoms with E-state index in [1.165, 1.54) is 5.56 Å². The van der Waals surface area contributed by atoms with Crippen LogP contribution in [0.5, 0.6) is 0 Å². The second-order valence-corrected chi connectivity index (χ2v) is 5.85. The zero-order valence-electron chi connectivity index (χ0n) is 11.0. The molecule has 100 valence electrons. The molecule has 1 fully saturated rings. The van der Waals surface area contributed by atoms with Crippen LogP contribution >= 0.6 is 15.9 Å². The maximum absolute atomic E-state index is 5.74. The highest BCUT2D eigenvalue weighted by Crippen LogP contribution is 2.16. The maximum atomic E-state index is 5.74. The van der Waals surface area contributed by atoms with E-state index in [0.717, 1.165) is 30.7 Å². The molecule has 0 spiro atoms. The Kier molecular flexibility index (Phi) is 5.18. The Balaban J connectivity index is 1.80. The summed E-state index contributed by atoms with van der Waals surface area (Å²) < 4.78 is 6.86. The monoisotopic (exact) mass is 312 g/mol. The van der Waals surface area contributed by atoms with Gasteiger partial charge in [-0.05, 0) is 31.7 Å². The molecule has 1 aromatic carbocycles. The molecule has 0 aromatic heterocycles. The third kappa shape index (κ3) is 4.05. The second-order valence-electron chi connectivity index (χ2n) is 4.94. The van der Waals surface area contributed by atoms with Crippen molar-refractivity contribution in [1.82, 2.24) is 10.2 Å². The summed E-state index contributed by atoms with van der Waals surface area (Å²) in [6.07, 6.45) is 0.307. The molecule has 0 aliphatic carbocycles. The van der Waals surface area contributed by atoms with E-state index >= 15 is 0 Å². The fourth-order valence-corrected chi connectivity index (χ4v) is 2.43. The van der Waals surface area contributed by atoms with Gasteiger partial charge >= 0.3 is 0 Å². The summed E-state index contributed by atoms with van der Waals surface area (Å²) >= 11 is 3.46. The van der Waals surface area contributed by atoms with E-state index in [9.17, 15) is 0 Å². The second kappa shape index (κ2) is 6.66. The van der Waals surface area contributed by atoms with Crippen molar-refractivity contribution in [3.05, 3.63) is 34.3 Å². The number of hydrogen-bond donors (Lipinski definition) is 1. The molecule has 18 heavy (non-hydrogen) atoms. The molecule has 1 unspecified atom stereocenters. The van der Waals surface area contributed by atoms with Crippen molar-refractivity contribution in [1.29, 1.82) is 0 Å². The summed E-state index contributed by atoms with van der Waals surface area (Å²) in [4.78, 5) is 2.32. The molecule has 1 aliphatic rings. The minimum Gasteiger partial charge on any atom is -0.374 e. The van der Waals surface area contributed by atoms with Gasteiger partial charge in [-0.25, -0.2) is 0 Å². The largest absolute Gasteiger partial charge is 0.374 e. The maximum Gasteiger partial charge on any atom is 0.0826 e. The van der Waals surface area contributed by atoms with E-state index in [-0.39, 0.29) is 0 Å². The van der Waals surface area contributed by atoms with Gasteiger partial charge in [0.2, 0.25) is 0 Å². The average Bonchev–Trinajstić information content (AvgIpc) is 2.37.